The van der Waals surface area contributed by atoms with Crippen molar-refractivity contribution in [2.45, 2.75) is 13.0 Å². The summed E-state index contributed by atoms with van der Waals surface area (Å²) in [5.74, 6) is 0.708. The Hall–Kier alpha value is -1.63. The highest BCUT2D eigenvalue weighted by molar-refractivity contribution is 5.94. The quantitative estimate of drug-likeness (QED) is 0.754. The van der Waals surface area contributed by atoms with Gasteiger partial charge in [0.1, 0.15) is 12.4 Å². The smallest absolute Gasteiger partial charge is 0.254 e. The predicted octanol–water partition coefficient (Wildman–Crippen LogP) is 0.850. The van der Waals surface area contributed by atoms with Crippen LogP contribution >= 0.6 is 0 Å². The number of aliphatic hydroxyl groups excluding tert-OH is 1. The van der Waals surface area contributed by atoms with Gasteiger partial charge in [0.25, 0.3) is 5.91 Å². The summed E-state index contributed by atoms with van der Waals surface area (Å²) in [6.07, 6.45) is -0.335. The number of nitrogens with zero attached hydrogens (tertiary/aromatic N) is 2. The molecule has 2 rings (SSSR count). The number of rotatable bonds is 7. The zero-order chi connectivity index (χ0) is 16.7. The number of amides is 1. The number of piperazine rings is 1. The van der Waals surface area contributed by atoms with E-state index < -0.39 is 0 Å². The summed E-state index contributed by atoms with van der Waals surface area (Å²) in [6.45, 7) is 6.37. The molecule has 1 saturated heterocycles. The molecule has 0 saturated carbocycles. The lowest BCUT2D eigenvalue weighted by molar-refractivity contribution is 0.0553. The molecular formula is C17H26N2O4. The Labute approximate surface area is 137 Å². The third-order valence-corrected chi connectivity index (χ3v) is 3.82. The van der Waals surface area contributed by atoms with Crippen molar-refractivity contribution >= 4 is 5.91 Å². The maximum atomic E-state index is 12.6. The monoisotopic (exact) mass is 322 g/mol. The molecule has 1 fully saturated rings. The maximum absolute atomic E-state index is 12.6. The van der Waals surface area contributed by atoms with Crippen LogP contribution in [0, 0.1) is 0 Å². The number of hydrogen-bond acceptors (Lipinski definition) is 5. The molecule has 1 N–H and O–H groups in total. The van der Waals surface area contributed by atoms with Crippen LogP contribution in [0.2, 0.25) is 0 Å². The molecule has 0 radical (unpaired) electrons. The van der Waals surface area contributed by atoms with Crippen molar-refractivity contribution in [3.05, 3.63) is 29.8 Å². The van der Waals surface area contributed by atoms with E-state index in [1.165, 1.54) is 0 Å². The SMILES string of the molecule is COCCOc1cccc(C(=O)N2CCN(C[C@@H](C)O)CC2)c1. The molecule has 0 spiro atoms. The molecule has 0 aromatic heterocycles. The van der Waals surface area contributed by atoms with Gasteiger partial charge in [0.2, 0.25) is 0 Å². The molecular weight excluding hydrogens is 296 g/mol. The van der Waals surface area contributed by atoms with Gasteiger partial charge in [-0.15, -0.1) is 0 Å². The summed E-state index contributed by atoms with van der Waals surface area (Å²) >= 11 is 0. The topological polar surface area (TPSA) is 62.2 Å². The van der Waals surface area contributed by atoms with Crippen molar-refractivity contribution < 1.29 is 19.4 Å². The fraction of sp³-hybridized carbons (Fsp3) is 0.588. The zero-order valence-electron chi connectivity index (χ0n) is 13.9. The van der Waals surface area contributed by atoms with E-state index in [-0.39, 0.29) is 12.0 Å². The number of benzene rings is 1. The Morgan fingerprint density at radius 2 is 2.00 bits per heavy atom. The van der Waals surface area contributed by atoms with Crippen LogP contribution in [0.15, 0.2) is 24.3 Å². The average Bonchev–Trinajstić information content (AvgIpc) is 2.55. The minimum absolute atomic E-state index is 0.0267. The average molecular weight is 322 g/mol. The third kappa shape index (κ3) is 5.49. The van der Waals surface area contributed by atoms with Gasteiger partial charge < -0.3 is 19.5 Å². The molecule has 0 bridgehead atoms. The number of aliphatic hydroxyl groups is 1. The van der Waals surface area contributed by atoms with E-state index in [0.29, 0.717) is 44.2 Å². The Balaban J connectivity index is 1.89. The number of carbonyl (C=O) groups excluding carboxylic acids is 1. The van der Waals surface area contributed by atoms with Crippen molar-refractivity contribution in [2.24, 2.45) is 0 Å². The summed E-state index contributed by atoms with van der Waals surface area (Å²) < 4.78 is 10.5. The van der Waals surface area contributed by atoms with E-state index in [2.05, 4.69) is 4.90 Å². The second-order valence-electron chi connectivity index (χ2n) is 5.81. The first-order chi connectivity index (χ1) is 11.1. The molecule has 1 aromatic rings. The molecule has 1 aromatic carbocycles. The van der Waals surface area contributed by atoms with E-state index in [4.69, 9.17) is 9.47 Å². The molecule has 6 heteroatoms. The molecule has 0 aliphatic carbocycles. The molecule has 1 amide bonds. The largest absolute Gasteiger partial charge is 0.491 e. The van der Waals surface area contributed by atoms with Crippen molar-refractivity contribution in [2.75, 3.05) is 53.0 Å². The van der Waals surface area contributed by atoms with Crippen molar-refractivity contribution in [1.82, 2.24) is 9.80 Å². The first-order valence-electron chi connectivity index (χ1n) is 8.01. The van der Waals surface area contributed by atoms with Crippen LogP contribution in [0.4, 0.5) is 0 Å². The Bertz CT molecular complexity index is 499. The van der Waals surface area contributed by atoms with Crippen LogP contribution in [-0.2, 0) is 4.74 Å². The molecule has 6 nitrogen and oxygen atoms in total. The van der Waals surface area contributed by atoms with Gasteiger partial charge in [-0.2, -0.15) is 0 Å². The Morgan fingerprint density at radius 3 is 2.65 bits per heavy atom. The lowest BCUT2D eigenvalue weighted by Crippen LogP contribution is -2.50. The van der Waals surface area contributed by atoms with Crippen LogP contribution < -0.4 is 4.74 Å². The summed E-state index contributed by atoms with van der Waals surface area (Å²) in [5.41, 5.74) is 0.642. The minimum atomic E-state index is -0.335. The highest BCUT2D eigenvalue weighted by Gasteiger charge is 2.22. The van der Waals surface area contributed by atoms with Crippen LogP contribution in [0.3, 0.4) is 0 Å². The summed E-state index contributed by atoms with van der Waals surface area (Å²) in [4.78, 5) is 16.6. The number of ether oxygens (including phenoxy) is 2. The second-order valence-corrected chi connectivity index (χ2v) is 5.81. The van der Waals surface area contributed by atoms with Crippen molar-refractivity contribution in [3.63, 3.8) is 0 Å². The van der Waals surface area contributed by atoms with Crippen LogP contribution in [0.1, 0.15) is 17.3 Å². The van der Waals surface area contributed by atoms with E-state index in [1.54, 1.807) is 20.1 Å². The van der Waals surface area contributed by atoms with Gasteiger partial charge in [0, 0.05) is 45.4 Å². The lowest BCUT2D eigenvalue weighted by atomic mass is 10.1. The molecule has 23 heavy (non-hydrogen) atoms. The first-order valence-corrected chi connectivity index (χ1v) is 8.01. The van der Waals surface area contributed by atoms with Crippen molar-refractivity contribution in [3.8, 4) is 5.75 Å². The van der Waals surface area contributed by atoms with E-state index in [1.807, 2.05) is 23.1 Å². The van der Waals surface area contributed by atoms with Gasteiger partial charge in [-0.05, 0) is 25.1 Å². The normalized spacial score (nSPS) is 17.1. The molecule has 0 unspecified atom stereocenters. The molecule has 128 valence electrons. The van der Waals surface area contributed by atoms with Crippen molar-refractivity contribution in [1.29, 1.82) is 0 Å². The summed E-state index contributed by atoms with van der Waals surface area (Å²) in [7, 11) is 1.63. The van der Waals surface area contributed by atoms with Gasteiger partial charge in [-0.1, -0.05) is 6.07 Å². The molecule has 1 aliphatic heterocycles. The lowest BCUT2D eigenvalue weighted by Gasteiger charge is -2.35. The van der Waals surface area contributed by atoms with Crippen LogP contribution in [0.25, 0.3) is 0 Å². The predicted molar refractivity (Wildman–Crippen MR) is 87.8 cm³/mol. The number of carbonyl (C=O) groups is 1. The fourth-order valence-corrected chi connectivity index (χ4v) is 2.65. The van der Waals surface area contributed by atoms with Gasteiger partial charge in [-0.3, -0.25) is 9.69 Å². The van der Waals surface area contributed by atoms with Gasteiger partial charge in [-0.25, -0.2) is 0 Å². The first kappa shape index (κ1) is 17.7. The van der Waals surface area contributed by atoms with Gasteiger partial charge in [0.05, 0.1) is 12.7 Å². The Kier molecular flexibility index (Phi) is 6.83. The van der Waals surface area contributed by atoms with E-state index >= 15 is 0 Å². The molecule has 1 heterocycles. The van der Waals surface area contributed by atoms with Gasteiger partial charge in [0.15, 0.2) is 0 Å². The van der Waals surface area contributed by atoms with Crippen LogP contribution in [0.5, 0.6) is 5.75 Å². The summed E-state index contributed by atoms with van der Waals surface area (Å²) in [5, 5.41) is 9.43. The minimum Gasteiger partial charge on any atom is -0.491 e. The third-order valence-electron chi connectivity index (χ3n) is 3.82. The Morgan fingerprint density at radius 1 is 1.26 bits per heavy atom. The number of hydrogen-bond donors (Lipinski definition) is 1. The van der Waals surface area contributed by atoms with E-state index in [0.717, 1.165) is 13.1 Å². The fourth-order valence-electron chi connectivity index (χ4n) is 2.65. The van der Waals surface area contributed by atoms with Crippen LogP contribution in [-0.4, -0.2) is 80.0 Å². The summed E-state index contributed by atoms with van der Waals surface area (Å²) in [6, 6.07) is 7.26. The van der Waals surface area contributed by atoms with E-state index in [9.17, 15) is 9.90 Å². The number of methoxy groups -OCH3 is 1. The maximum Gasteiger partial charge on any atom is 0.254 e. The second kappa shape index (κ2) is 8.86. The molecule has 1 atom stereocenters. The molecule has 1 aliphatic rings. The number of β-amino-alcohol motifs (C(OH)–C–C–N with tert-alkyl or cyclic N) is 1. The standard InChI is InChI=1S/C17H26N2O4/c1-14(20)13-18-6-8-19(9-7-18)17(21)15-4-3-5-16(12-15)23-11-10-22-2/h3-5,12,14,20H,6-11,13H2,1-2H3/t14-/m1/s1. The highest BCUT2D eigenvalue weighted by Crippen LogP contribution is 2.16. The highest BCUT2D eigenvalue weighted by atomic mass is 16.5. The van der Waals surface area contributed by atoms with Gasteiger partial charge >= 0.3 is 0 Å². The zero-order valence-corrected chi connectivity index (χ0v) is 13.9.